The van der Waals surface area contributed by atoms with Gasteiger partial charge in [0.2, 0.25) is 5.89 Å². The molecule has 0 radical (unpaired) electrons. The van der Waals surface area contributed by atoms with Crippen molar-refractivity contribution in [2.75, 3.05) is 0 Å². The van der Waals surface area contributed by atoms with Gasteiger partial charge in [0.1, 0.15) is 0 Å². The number of hydrogen-bond donors (Lipinski definition) is 0. The fourth-order valence-electron chi connectivity index (χ4n) is 1.35. The summed E-state index contributed by atoms with van der Waals surface area (Å²) >= 11 is 1.58. The quantitative estimate of drug-likeness (QED) is 0.761. The Kier molecular flexibility index (Phi) is 3.29. The van der Waals surface area contributed by atoms with E-state index in [0.29, 0.717) is 16.4 Å². The molecule has 2 rings (SSSR count). The van der Waals surface area contributed by atoms with Crippen molar-refractivity contribution in [3.05, 3.63) is 29.8 Å². The molecule has 1 heterocycles. The van der Waals surface area contributed by atoms with E-state index in [0.717, 1.165) is 5.56 Å². The smallest absolute Gasteiger partial charge is 0.277 e. The fraction of sp³-hybridized carbons (Fsp3) is 0.333. The van der Waals surface area contributed by atoms with Gasteiger partial charge in [0, 0.05) is 10.8 Å². The second-order valence-corrected chi connectivity index (χ2v) is 5.44. The molecule has 0 amide bonds. The lowest BCUT2D eigenvalue weighted by Crippen LogP contribution is -1.84. The van der Waals surface area contributed by atoms with Crippen molar-refractivity contribution in [2.45, 2.75) is 31.2 Å². The number of nitrogens with zero attached hydrogens (tertiary/aromatic N) is 2. The first kappa shape index (κ1) is 11.2. The predicted octanol–water partition coefficient (Wildman–Crippen LogP) is 3.55. The van der Waals surface area contributed by atoms with Crippen molar-refractivity contribution in [2.24, 2.45) is 0 Å². The van der Waals surface area contributed by atoms with Crippen LogP contribution in [0.3, 0.4) is 0 Å². The average Bonchev–Trinajstić information content (AvgIpc) is 2.65. The molecule has 0 saturated carbocycles. The summed E-state index contributed by atoms with van der Waals surface area (Å²) in [5.74, 6) is 0.590. The Bertz CT molecular complexity index is 479. The molecule has 0 unspecified atom stereocenters. The molecule has 1 aromatic heterocycles. The Morgan fingerprint density at radius 1 is 1.25 bits per heavy atom. The van der Waals surface area contributed by atoms with Crippen LogP contribution >= 0.6 is 11.8 Å². The summed E-state index contributed by atoms with van der Waals surface area (Å²) < 4.78 is 5.58. The van der Waals surface area contributed by atoms with Crippen LogP contribution in [0.4, 0.5) is 0 Å². The van der Waals surface area contributed by atoms with Crippen molar-refractivity contribution < 1.29 is 4.42 Å². The summed E-state index contributed by atoms with van der Waals surface area (Å²) in [5, 5.41) is 9.13. The lowest BCUT2D eigenvalue weighted by molar-refractivity contribution is 0.465. The highest BCUT2D eigenvalue weighted by molar-refractivity contribution is 7.99. The van der Waals surface area contributed by atoms with Crippen LogP contribution in [0.15, 0.2) is 33.9 Å². The summed E-state index contributed by atoms with van der Waals surface area (Å²) in [7, 11) is 0. The first-order valence-corrected chi connectivity index (χ1v) is 6.10. The van der Waals surface area contributed by atoms with Crippen molar-refractivity contribution in [3.63, 3.8) is 0 Å². The summed E-state index contributed by atoms with van der Waals surface area (Å²) in [6.07, 6.45) is 0. The second-order valence-electron chi connectivity index (χ2n) is 3.91. The lowest BCUT2D eigenvalue weighted by Gasteiger charge is -1.97. The van der Waals surface area contributed by atoms with Gasteiger partial charge < -0.3 is 4.42 Å². The molecule has 4 heteroatoms. The molecule has 0 saturated heterocycles. The van der Waals surface area contributed by atoms with E-state index in [1.165, 1.54) is 5.56 Å². The standard InChI is InChI=1S/C12H14N2OS/c1-8(2)16-12-14-13-11(15-12)10-6-4-5-9(3)7-10/h4-8H,1-3H3. The molecule has 0 atom stereocenters. The predicted molar refractivity (Wildman–Crippen MR) is 65.5 cm³/mol. The molecule has 84 valence electrons. The summed E-state index contributed by atoms with van der Waals surface area (Å²) in [5.41, 5.74) is 2.16. The van der Waals surface area contributed by atoms with Crippen LogP contribution < -0.4 is 0 Å². The molecule has 0 fully saturated rings. The molecule has 0 N–H and O–H groups in total. The maximum Gasteiger partial charge on any atom is 0.277 e. The van der Waals surface area contributed by atoms with Gasteiger partial charge in [-0.3, -0.25) is 0 Å². The molecule has 3 nitrogen and oxygen atoms in total. The normalized spacial score (nSPS) is 11.0. The highest BCUT2D eigenvalue weighted by Gasteiger charge is 2.10. The third kappa shape index (κ3) is 2.64. The van der Waals surface area contributed by atoms with Gasteiger partial charge in [0.05, 0.1) is 0 Å². The number of rotatable bonds is 3. The van der Waals surface area contributed by atoms with Crippen LogP contribution in [0.2, 0.25) is 0 Å². The molecule has 0 aliphatic carbocycles. The van der Waals surface area contributed by atoms with Gasteiger partial charge in [-0.2, -0.15) is 0 Å². The van der Waals surface area contributed by atoms with Crippen LogP contribution in [-0.4, -0.2) is 15.4 Å². The molecular formula is C12H14N2OS. The Labute approximate surface area is 99.3 Å². The summed E-state index contributed by atoms with van der Waals surface area (Å²) in [6, 6.07) is 8.05. The third-order valence-electron chi connectivity index (χ3n) is 2.01. The van der Waals surface area contributed by atoms with E-state index in [1.54, 1.807) is 11.8 Å². The fourth-order valence-corrected chi connectivity index (χ4v) is 1.97. The zero-order chi connectivity index (χ0) is 11.5. The van der Waals surface area contributed by atoms with Crippen LogP contribution in [0, 0.1) is 6.92 Å². The van der Waals surface area contributed by atoms with Gasteiger partial charge in [-0.1, -0.05) is 43.3 Å². The molecular weight excluding hydrogens is 220 g/mol. The minimum Gasteiger partial charge on any atom is -0.411 e. The summed E-state index contributed by atoms with van der Waals surface area (Å²) in [6.45, 7) is 6.24. The Morgan fingerprint density at radius 3 is 2.75 bits per heavy atom. The van der Waals surface area contributed by atoms with Crippen molar-refractivity contribution >= 4 is 11.8 Å². The molecule has 2 aromatic rings. The number of aryl methyl sites for hydroxylation is 1. The Morgan fingerprint density at radius 2 is 2.06 bits per heavy atom. The van der Waals surface area contributed by atoms with Crippen molar-refractivity contribution in [1.82, 2.24) is 10.2 Å². The van der Waals surface area contributed by atoms with Gasteiger partial charge in [-0.25, -0.2) is 0 Å². The van der Waals surface area contributed by atoms with E-state index in [2.05, 4.69) is 24.0 Å². The topological polar surface area (TPSA) is 38.9 Å². The van der Waals surface area contributed by atoms with Crippen LogP contribution in [0.5, 0.6) is 0 Å². The van der Waals surface area contributed by atoms with E-state index in [1.807, 2.05) is 31.2 Å². The highest BCUT2D eigenvalue weighted by atomic mass is 32.2. The molecule has 16 heavy (non-hydrogen) atoms. The van der Waals surface area contributed by atoms with Crippen molar-refractivity contribution in [1.29, 1.82) is 0 Å². The number of hydrogen-bond acceptors (Lipinski definition) is 4. The SMILES string of the molecule is Cc1cccc(-c2nnc(SC(C)C)o2)c1. The zero-order valence-electron chi connectivity index (χ0n) is 9.60. The third-order valence-corrected chi connectivity index (χ3v) is 2.85. The molecule has 0 bridgehead atoms. The number of benzene rings is 1. The summed E-state index contributed by atoms with van der Waals surface area (Å²) in [4.78, 5) is 0. The van der Waals surface area contributed by atoms with E-state index in [-0.39, 0.29) is 0 Å². The zero-order valence-corrected chi connectivity index (χ0v) is 10.4. The molecule has 0 aliphatic heterocycles. The minimum atomic E-state index is 0.450. The maximum atomic E-state index is 5.58. The molecule has 0 spiro atoms. The van der Waals surface area contributed by atoms with Gasteiger partial charge >= 0.3 is 0 Å². The minimum absolute atomic E-state index is 0.450. The monoisotopic (exact) mass is 234 g/mol. The lowest BCUT2D eigenvalue weighted by atomic mass is 10.1. The van der Waals surface area contributed by atoms with Gasteiger partial charge in [-0.05, 0) is 19.1 Å². The van der Waals surface area contributed by atoms with Crippen LogP contribution in [-0.2, 0) is 0 Å². The largest absolute Gasteiger partial charge is 0.411 e. The molecule has 0 aliphatic rings. The van der Waals surface area contributed by atoms with E-state index >= 15 is 0 Å². The Balaban J connectivity index is 2.24. The Hall–Kier alpha value is -1.29. The first-order chi connectivity index (χ1) is 7.65. The average molecular weight is 234 g/mol. The maximum absolute atomic E-state index is 5.58. The van der Waals surface area contributed by atoms with Crippen LogP contribution in [0.1, 0.15) is 19.4 Å². The van der Waals surface area contributed by atoms with Gasteiger partial charge in [-0.15, -0.1) is 10.2 Å². The number of thioether (sulfide) groups is 1. The van der Waals surface area contributed by atoms with E-state index < -0.39 is 0 Å². The van der Waals surface area contributed by atoms with Gasteiger partial charge in [0.25, 0.3) is 5.22 Å². The van der Waals surface area contributed by atoms with Crippen molar-refractivity contribution in [3.8, 4) is 11.5 Å². The van der Waals surface area contributed by atoms with Crippen LogP contribution in [0.25, 0.3) is 11.5 Å². The van der Waals surface area contributed by atoms with E-state index in [4.69, 9.17) is 4.42 Å². The van der Waals surface area contributed by atoms with Gasteiger partial charge in [0.15, 0.2) is 0 Å². The van der Waals surface area contributed by atoms with E-state index in [9.17, 15) is 0 Å². The second kappa shape index (κ2) is 4.70. The first-order valence-electron chi connectivity index (χ1n) is 5.22. The molecule has 1 aromatic carbocycles. The number of aromatic nitrogens is 2. The highest BCUT2D eigenvalue weighted by Crippen LogP contribution is 2.25.